The fourth-order valence-corrected chi connectivity index (χ4v) is 2.82. The lowest BCUT2D eigenvalue weighted by molar-refractivity contribution is 0.148. The average Bonchev–Trinajstić information content (AvgIpc) is 2.72. The van der Waals surface area contributed by atoms with Crippen LogP contribution in [-0.4, -0.2) is 36.6 Å². The van der Waals surface area contributed by atoms with Crippen molar-refractivity contribution in [1.29, 1.82) is 0 Å². The lowest BCUT2D eigenvalue weighted by atomic mass is 10.1. The summed E-state index contributed by atoms with van der Waals surface area (Å²) in [5.41, 5.74) is 0. The highest BCUT2D eigenvalue weighted by molar-refractivity contribution is 7.09. The molecule has 2 rings (SSSR count). The summed E-state index contributed by atoms with van der Waals surface area (Å²) in [5.74, 6) is 0. The molecule has 0 bridgehead atoms. The van der Waals surface area contributed by atoms with Crippen molar-refractivity contribution in [2.75, 3.05) is 19.6 Å². The monoisotopic (exact) mass is 224 g/mol. The van der Waals surface area contributed by atoms with E-state index in [0.717, 1.165) is 6.54 Å². The number of piperazine rings is 1. The summed E-state index contributed by atoms with van der Waals surface area (Å²) in [5, 5.41) is 5.68. The fraction of sp³-hybridized carbons (Fsp3) is 0.667. The van der Waals surface area contributed by atoms with Crippen molar-refractivity contribution >= 4 is 11.3 Å². The van der Waals surface area contributed by atoms with E-state index in [4.69, 9.17) is 0 Å². The molecule has 84 valence electrons. The van der Waals surface area contributed by atoms with Crippen LogP contribution in [0, 0.1) is 0 Å². The molecular weight excluding hydrogens is 204 g/mol. The van der Waals surface area contributed by atoms with Gasteiger partial charge in [0.15, 0.2) is 0 Å². The van der Waals surface area contributed by atoms with Crippen LogP contribution in [0.5, 0.6) is 0 Å². The smallest absolute Gasteiger partial charge is 0.0193 e. The van der Waals surface area contributed by atoms with E-state index in [9.17, 15) is 0 Å². The van der Waals surface area contributed by atoms with Gasteiger partial charge >= 0.3 is 0 Å². The first-order valence-corrected chi connectivity index (χ1v) is 6.63. The van der Waals surface area contributed by atoms with Crippen LogP contribution in [0.2, 0.25) is 0 Å². The van der Waals surface area contributed by atoms with Crippen molar-refractivity contribution in [3.05, 3.63) is 22.4 Å². The maximum absolute atomic E-state index is 3.52. The van der Waals surface area contributed by atoms with E-state index >= 15 is 0 Å². The fourth-order valence-electron chi connectivity index (χ4n) is 2.12. The number of thiophene rings is 1. The molecule has 1 N–H and O–H groups in total. The van der Waals surface area contributed by atoms with Gasteiger partial charge in [0.05, 0.1) is 0 Å². The number of nitrogens with one attached hydrogen (secondary N) is 1. The Bertz CT molecular complexity index is 284. The molecule has 1 aliphatic heterocycles. The molecule has 1 saturated heterocycles. The standard InChI is InChI=1S/C12H20N2S/c1-10-9-14(11(2)8-13-10)6-5-12-4-3-7-15-12/h3-4,7,10-11,13H,5-6,8-9H2,1-2H3. The zero-order chi connectivity index (χ0) is 10.7. The summed E-state index contributed by atoms with van der Waals surface area (Å²) in [6.45, 7) is 8.10. The Morgan fingerprint density at radius 1 is 1.53 bits per heavy atom. The Kier molecular flexibility index (Phi) is 3.78. The molecule has 2 unspecified atom stereocenters. The van der Waals surface area contributed by atoms with Gasteiger partial charge in [-0.1, -0.05) is 6.07 Å². The van der Waals surface area contributed by atoms with Gasteiger partial charge in [0, 0.05) is 36.6 Å². The SMILES string of the molecule is CC1CN(CCc2cccs2)C(C)CN1. The maximum Gasteiger partial charge on any atom is 0.0193 e. The maximum atomic E-state index is 3.52. The van der Waals surface area contributed by atoms with Gasteiger partial charge in [0.2, 0.25) is 0 Å². The van der Waals surface area contributed by atoms with E-state index in [1.54, 1.807) is 0 Å². The Balaban J connectivity index is 1.82. The second-order valence-corrected chi connectivity index (χ2v) is 5.51. The van der Waals surface area contributed by atoms with E-state index < -0.39 is 0 Å². The molecule has 0 saturated carbocycles. The van der Waals surface area contributed by atoms with Crippen molar-refractivity contribution in [1.82, 2.24) is 10.2 Å². The van der Waals surface area contributed by atoms with Crippen LogP contribution >= 0.6 is 11.3 Å². The van der Waals surface area contributed by atoms with Gasteiger partial charge in [-0.15, -0.1) is 11.3 Å². The quantitative estimate of drug-likeness (QED) is 0.844. The Hall–Kier alpha value is -0.380. The third kappa shape index (κ3) is 3.03. The summed E-state index contributed by atoms with van der Waals surface area (Å²) in [4.78, 5) is 4.11. The van der Waals surface area contributed by atoms with Gasteiger partial charge in [-0.3, -0.25) is 4.90 Å². The van der Waals surface area contributed by atoms with Gasteiger partial charge in [-0.25, -0.2) is 0 Å². The Morgan fingerprint density at radius 3 is 3.13 bits per heavy atom. The zero-order valence-electron chi connectivity index (χ0n) is 9.57. The minimum absolute atomic E-state index is 0.643. The molecule has 0 spiro atoms. The molecule has 0 aliphatic carbocycles. The molecule has 0 aromatic carbocycles. The first kappa shape index (κ1) is 11.1. The van der Waals surface area contributed by atoms with Crippen molar-refractivity contribution < 1.29 is 0 Å². The van der Waals surface area contributed by atoms with Crippen LogP contribution in [0.1, 0.15) is 18.7 Å². The normalized spacial score (nSPS) is 28.1. The summed E-state index contributed by atoms with van der Waals surface area (Å²) in [7, 11) is 0. The van der Waals surface area contributed by atoms with Gasteiger partial charge in [0.1, 0.15) is 0 Å². The minimum Gasteiger partial charge on any atom is -0.311 e. The lowest BCUT2D eigenvalue weighted by Crippen LogP contribution is -2.54. The molecule has 2 nitrogen and oxygen atoms in total. The van der Waals surface area contributed by atoms with E-state index in [2.05, 4.69) is 41.6 Å². The summed E-state index contributed by atoms with van der Waals surface area (Å²) in [6.07, 6.45) is 1.20. The van der Waals surface area contributed by atoms with Gasteiger partial charge in [-0.2, -0.15) is 0 Å². The van der Waals surface area contributed by atoms with E-state index in [1.807, 2.05) is 11.3 Å². The minimum atomic E-state index is 0.643. The summed E-state index contributed by atoms with van der Waals surface area (Å²) >= 11 is 1.87. The predicted octanol–water partition coefficient (Wildman–Crippen LogP) is 1.97. The molecule has 3 heteroatoms. The zero-order valence-corrected chi connectivity index (χ0v) is 10.4. The first-order chi connectivity index (χ1) is 7.25. The molecule has 0 radical (unpaired) electrons. The lowest BCUT2D eigenvalue weighted by Gasteiger charge is -2.37. The number of rotatable bonds is 3. The topological polar surface area (TPSA) is 15.3 Å². The number of hydrogen-bond acceptors (Lipinski definition) is 3. The molecule has 1 fully saturated rings. The van der Waals surface area contributed by atoms with Crippen LogP contribution in [0.4, 0.5) is 0 Å². The third-order valence-corrected chi connectivity index (χ3v) is 4.06. The molecule has 0 amide bonds. The van der Waals surface area contributed by atoms with Crippen LogP contribution < -0.4 is 5.32 Å². The highest BCUT2D eigenvalue weighted by Gasteiger charge is 2.21. The van der Waals surface area contributed by atoms with Gasteiger partial charge in [-0.05, 0) is 31.7 Å². The largest absolute Gasteiger partial charge is 0.311 e. The molecule has 2 atom stereocenters. The second kappa shape index (κ2) is 5.10. The van der Waals surface area contributed by atoms with E-state index in [0.29, 0.717) is 12.1 Å². The second-order valence-electron chi connectivity index (χ2n) is 4.48. The molecule has 1 aromatic rings. The molecule has 15 heavy (non-hydrogen) atoms. The van der Waals surface area contributed by atoms with Gasteiger partial charge < -0.3 is 5.32 Å². The van der Waals surface area contributed by atoms with Crippen molar-refractivity contribution in [2.45, 2.75) is 32.4 Å². The van der Waals surface area contributed by atoms with Crippen molar-refractivity contribution in [3.8, 4) is 0 Å². The molecule has 2 heterocycles. The van der Waals surface area contributed by atoms with Crippen LogP contribution in [0.3, 0.4) is 0 Å². The molecular formula is C12H20N2S. The highest BCUT2D eigenvalue weighted by Crippen LogP contribution is 2.12. The highest BCUT2D eigenvalue weighted by atomic mass is 32.1. The Labute approximate surface area is 96.3 Å². The number of hydrogen-bond donors (Lipinski definition) is 1. The first-order valence-electron chi connectivity index (χ1n) is 5.75. The summed E-state index contributed by atoms with van der Waals surface area (Å²) < 4.78 is 0. The van der Waals surface area contributed by atoms with Crippen LogP contribution in [-0.2, 0) is 6.42 Å². The van der Waals surface area contributed by atoms with E-state index in [-0.39, 0.29) is 0 Å². The van der Waals surface area contributed by atoms with Crippen LogP contribution in [0.25, 0.3) is 0 Å². The van der Waals surface area contributed by atoms with Crippen LogP contribution in [0.15, 0.2) is 17.5 Å². The average molecular weight is 224 g/mol. The molecule has 1 aromatic heterocycles. The van der Waals surface area contributed by atoms with Gasteiger partial charge in [0.25, 0.3) is 0 Å². The summed E-state index contributed by atoms with van der Waals surface area (Å²) in [6, 6.07) is 5.70. The molecule has 1 aliphatic rings. The van der Waals surface area contributed by atoms with Crippen molar-refractivity contribution in [2.24, 2.45) is 0 Å². The van der Waals surface area contributed by atoms with Crippen molar-refractivity contribution in [3.63, 3.8) is 0 Å². The predicted molar refractivity (Wildman–Crippen MR) is 66.5 cm³/mol. The van der Waals surface area contributed by atoms with E-state index in [1.165, 1.54) is 24.4 Å². The number of nitrogens with zero attached hydrogens (tertiary/aromatic N) is 1. The Morgan fingerprint density at radius 2 is 2.40 bits per heavy atom. The third-order valence-electron chi connectivity index (χ3n) is 3.12.